The normalized spacial score (nSPS) is 9.79. The predicted molar refractivity (Wildman–Crippen MR) is 48.9 cm³/mol. The summed E-state index contributed by atoms with van der Waals surface area (Å²) in [7, 11) is 0. The number of nitriles is 1. The molecular weight excluding hydrogens is 208 g/mol. The van der Waals surface area contributed by atoms with Crippen molar-refractivity contribution in [3.8, 4) is 6.07 Å². The molecule has 0 bridgehead atoms. The Morgan fingerprint density at radius 3 is 2.86 bits per heavy atom. The van der Waals surface area contributed by atoms with Crippen molar-refractivity contribution >= 4 is 17.3 Å². The Labute approximate surface area is 84.8 Å². The molecule has 0 aliphatic heterocycles. The molecule has 0 unspecified atom stereocenters. The Hall–Kier alpha value is -1.61. The van der Waals surface area contributed by atoms with Gasteiger partial charge >= 0.3 is 5.69 Å². The lowest BCUT2D eigenvalue weighted by Gasteiger charge is -1.95. The van der Waals surface area contributed by atoms with Crippen molar-refractivity contribution in [2.45, 2.75) is 19.9 Å². The largest absolute Gasteiger partial charge is 0.328 e. The Morgan fingerprint density at radius 2 is 2.43 bits per heavy atom. The minimum atomic E-state index is -0.576. The van der Waals surface area contributed by atoms with Crippen LogP contribution in [0.5, 0.6) is 0 Å². The summed E-state index contributed by atoms with van der Waals surface area (Å²) in [5.74, 6) is 0. The van der Waals surface area contributed by atoms with Gasteiger partial charge in [-0.15, -0.1) is 0 Å². The lowest BCUT2D eigenvalue weighted by molar-refractivity contribution is -0.385. The van der Waals surface area contributed by atoms with Crippen molar-refractivity contribution in [3.05, 3.63) is 21.0 Å². The van der Waals surface area contributed by atoms with Gasteiger partial charge in [0.05, 0.1) is 24.0 Å². The smallest absolute Gasteiger partial charge is 0.258 e. The summed E-state index contributed by atoms with van der Waals surface area (Å²) < 4.78 is 1.26. The fourth-order valence-corrected chi connectivity index (χ4v) is 1.38. The van der Waals surface area contributed by atoms with Gasteiger partial charge in [0.25, 0.3) is 0 Å². The zero-order valence-electron chi connectivity index (χ0n) is 7.40. The molecule has 0 aliphatic carbocycles. The first-order chi connectivity index (χ1) is 6.57. The molecule has 14 heavy (non-hydrogen) atoms. The maximum absolute atomic E-state index is 10.5. The first kappa shape index (κ1) is 10.5. The molecule has 0 radical (unpaired) electrons. The molecule has 0 atom stereocenters. The second kappa shape index (κ2) is 4.07. The number of hydrogen-bond donors (Lipinski definition) is 0. The monoisotopic (exact) mass is 214 g/mol. The van der Waals surface area contributed by atoms with Gasteiger partial charge in [-0.3, -0.25) is 10.1 Å². The Kier molecular flexibility index (Phi) is 3.04. The molecule has 0 aromatic carbocycles. The second-order valence-electron chi connectivity index (χ2n) is 2.61. The van der Waals surface area contributed by atoms with Gasteiger partial charge < -0.3 is 0 Å². The van der Waals surface area contributed by atoms with Gasteiger partial charge in [-0.2, -0.15) is 10.4 Å². The van der Waals surface area contributed by atoms with E-state index in [1.165, 1.54) is 11.6 Å². The van der Waals surface area contributed by atoms with Gasteiger partial charge in [0.1, 0.15) is 5.69 Å². The number of aryl methyl sites for hydroxylation is 2. The highest BCUT2D eigenvalue weighted by Gasteiger charge is 2.23. The fourth-order valence-electron chi connectivity index (χ4n) is 1.06. The minimum absolute atomic E-state index is 0.0252. The average Bonchev–Trinajstić information content (AvgIpc) is 2.38. The van der Waals surface area contributed by atoms with E-state index in [1.807, 2.05) is 6.07 Å². The van der Waals surface area contributed by atoms with Crippen molar-refractivity contribution in [2.75, 3.05) is 0 Å². The van der Waals surface area contributed by atoms with Crippen LogP contribution in [0.4, 0.5) is 5.69 Å². The quantitative estimate of drug-likeness (QED) is 0.566. The highest BCUT2D eigenvalue weighted by atomic mass is 35.5. The summed E-state index contributed by atoms with van der Waals surface area (Å²) in [6.45, 7) is 1.77. The van der Waals surface area contributed by atoms with Crippen LogP contribution in [0.15, 0.2) is 0 Å². The van der Waals surface area contributed by atoms with Gasteiger partial charge in [-0.1, -0.05) is 11.6 Å². The molecular formula is C7H7ClN4O2. The molecule has 6 nitrogen and oxygen atoms in total. The van der Waals surface area contributed by atoms with E-state index in [0.29, 0.717) is 0 Å². The van der Waals surface area contributed by atoms with Gasteiger partial charge in [0.2, 0.25) is 5.15 Å². The van der Waals surface area contributed by atoms with E-state index in [9.17, 15) is 10.1 Å². The summed E-state index contributed by atoms with van der Waals surface area (Å²) in [6.07, 6.45) is 0.220. The molecule has 7 heteroatoms. The lowest BCUT2D eigenvalue weighted by atomic mass is 10.4. The molecule has 0 saturated carbocycles. The predicted octanol–water partition coefficient (Wildman–Crippen LogP) is 1.67. The zero-order valence-corrected chi connectivity index (χ0v) is 8.15. The number of nitrogens with zero attached hydrogens (tertiary/aromatic N) is 4. The Balaban J connectivity index is 3.05. The van der Waals surface area contributed by atoms with Crippen LogP contribution in [-0.2, 0) is 6.54 Å². The topological polar surface area (TPSA) is 84.8 Å². The zero-order chi connectivity index (χ0) is 10.7. The number of nitro groups is 1. The van der Waals surface area contributed by atoms with E-state index in [1.54, 1.807) is 0 Å². The summed E-state index contributed by atoms with van der Waals surface area (Å²) in [5.41, 5.74) is 0.0718. The molecule has 0 N–H and O–H groups in total. The summed E-state index contributed by atoms with van der Waals surface area (Å²) in [6, 6.07) is 1.91. The van der Waals surface area contributed by atoms with Crippen LogP contribution in [0.2, 0.25) is 5.15 Å². The van der Waals surface area contributed by atoms with Gasteiger partial charge in [-0.05, 0) is 6.92 Å². The van der Waals surface area contributed by atoms with E-state index in [2.05, 4.69) is 5.10 Å². The highest BCUT2D eigenvalue weighted by Crippen LogP contribution is 2.27. The molecule has 1 aromatic heterocycles. The maximum atomic E-state index is 10.5. The van der Waals surface area contributed by atoms with Crippen molar-refractivity contribution in [2.24, 2.45) is 0 Å². The van der Waals surface area contributed by atoms with Crippen LogP contribution in [0, 0.1) is 28.4 Å². The van der Waals surface area contributed by atoms with Crippen LogP contribution in [-0.4, -0.2) is 14.7 Å². The standard InChI is InChI=1S/C7H7ClN4O2/c1-5-6(12(13)14)7(8)11(10-5)4-2-3-9/h2,4H2,1H3. The Bertz CT molecular complexity index is 407. The van der Waals surface area contributed by atoms with Crippen molar-refractivity contribution in [1.82, 2.24) is 9.78 Å². The molecule has 0 amide bonds. The lowest BCUT2D eigenvalue weighted by Crippen LogP contribution is -1.99. The number of halogens is 1. The van der Waals surface area contributed by atoms with Gasteiger partial charge in [0.15, 0.2) is 0 Å². The third-order valence-electron chi connectivity index (χ3n) is 1.65. The van der Waals surface area contributed by atoms with Crippen LogP contribution in [0.3, 0.4) is 0 Å². The SMILES string of the molecule is Cc1nn(CCC#N)c(Cl)c1[N+](=O)[O-]. The third kappa shape index (κ3) is 1.83. The molecule has 1 aromatic rings. The molecule has 0 fully saturated rings. The molecule has 0 saturated heterocycles. The number of rotatable bonds is 3. The number of aromatic nitrogens is 2. The van der Waals surface area contributed by atoms with Crippen molar-refractivity contribution < 1.29 is 4.92 Å². The molecule has 0 spiro atoms. The van der Waals surface area contributed by atoms with E-state index in [4.69, 9.17) is 16.9 Å². The van der Waals surface area contributed by atoms with Crippen LogP contribution < -0.4 is 0 Å². The van der Waals surface area contributed by atoms with Crippen molar-refractivity contribution in [1.29, 1.82) is 5.26 Å². The van der Waals surface area contributed by atoms with E-state index in [-0.39, 0.29) is 29.5 Å². The molecule has 74 valence electrons. The van der Waals surface area contributed by atoms with Crippen LogP contribution in [0.25, 0.3) is 0 Å². The first-order valence-corrected chi connectivity index (χ1v) is 4.20. The van der Waals surface area contributed by atoms with Crippen molar-refractivity contribution in [3.63, 3.8) is 0 Å². The molecule has 1 heterocycles. The number of hydrogen-bond acceptors (Lipinski definition) is 4. The van der Waals surface area contributed by atoms with E-state index >= 15 is 0 Å². The van der Waals surface area contributed by atoms with E-state index < -0.39 is 4.92 Å². The fraction of sp³-hybridized carbons (Fsp3) is 0.429. The first-order valence-electron chi connectivity index (χ1n) is 3.82. The average molecular weight is 215 g/mol. The summed E-state index contributed by atoms with van der Waals surface area (Å²) in [4.78, 5) is 9.96. The third-order valence-corrected chi connectivity index (χ3v) is 2.03. The van der Waals surface area contributed by atoms with Gasteiger partial charge in [0, 0.05) is 0 Å². The highest BCUT2D eigenvalue weighted by molar-refractivity contribution is 6.31. The Morgan fingerprint density at radius 1 is 1.79 bits per heavy atom. The maximum Gasteiger partial charge on any atom is 0.328 e. The van der Waals surface area contributed by atoms with Crippen LogP contribution in [0.1, 0.15) is 12.1 Å². The van der Waals surface area contributed by atoms with E-state index in [0.717, 1.165) is 0 Å². The summed E-state index contributed by atoms with van der Waals surface area (Å²) in [5, 5.41) is 22.7. The molecule has 0 aliphatic rings. The summed E-state index contributed by atoms with van der Waals surface area (Å²) >= 11 is 5.71. The second-order valence-corrected chi connectivity index (χ2v) is 2.97. The van der Waals surface area contributed by atoms with Gasteiger partial charge in [-0.25, -0.2) is 4.68 Å². The minimum Gasteiger partial charge on any atom is -0.258 e. The molecule has 1 rings (SSSR count). The van der Waals surface area contributed by atoms with Crippen LogP contribution >= 0.6 is 11.6 Å².